The molecule has 4 heteroatoms. The van der Waals surface area contributed by atoms with Crippen molar-refractivity contribution in [2.24, 2.45) is 0 Å². The van der Waals surface area contributed by atoms with Crippen LogP contribution in [0.5, 0.6) is 0 Å². The molecule has 0 saturated heterocycles. The molecule has 0 radical (unpaired) electrons. The normalized spacial score (nSPS) is 15.4. The Kier molecular flexibility index (Phi) is 14.0. The van der Waals surface area contributed by atoms with Crippen LogP contribution in [0.25, 0.3) is 22.3 Å². The van der Waals surface area contributed by atoms with Crippen molar-refractivity contribution in [3.05, 3.63) is 227 Å². The van der Waals surface area contributed by atoms with E-state index < -0.39 is 0 Å². The van der Waals surface area contributed by atoms with E-state index in [2.05, 4.69) is 334 Å². The standard InChI is InChI=1S/C82H92BN3/c1-76(2,3)56-34-38-61(39-35-56)85-71-41-37-60(80(13,14)15)48-68(71)83-69-51-66-67(82(18,19)43-42-81(66,16)17)52-72(69)86(70-40-36-59(79(10,11)12)47-65(70)55-29-23-28-54(44-55)53-26-21-20-22-27-53)74-50-64(49-73(85)75(74)83)84(62-32-24-30-57(45-62)77(4,5)6)63-33-25-31-58(46-63)78(7,8)9/h20-41,44-52H,42-43H2,1-19H3. The highest BCUT2D eigenvalue weighted by atomic mass is 15.2. The molecule has 9 aromatic carbocycles. The maximum absolute atomic E-state index is 2.73. The minimum atomic E-state index is -0.107. The summed E-state index contributed by atoms with van der Waals surface area (Å²) >= 11 is 0. The monoisotopic (exact) mass is 1130 g/mol. The first-order valence-corrected chi connectivity index (χ1v) is 31.8. The molecule has 1 aliphatic carbocycles. The van der Waals surface area contributed by atoms with Gasteiger partial charge in [0.2, 0.25) is 0 Å². The minimum Gasteiger partial charge on any atom is -0.311 e. The highest BCUT2D eigenvalue weighted by molar-refractivity contribution is 7.00. The molecule has 0 aromatic heterocycles. The van der Waals surface area contributed by atoms with E-state index in [1.54, 1.807) is 0 Å². The first-order valence-electron chi connectivity index (χ1n) is 31.8. The topological polar surface area (TPSA) is 9.72 Å². The van der Waals surface area contributed by atoms with Crippen LogP contribution in [-0.2, 0) is 37.9 Å². The fourth-order valence-corrected chi connectivity index (χ4v) is 13.9. The number of nitrogens with zero attached hydrogens (tertiary/aromatic N) is 3. The Morgan fingerprint density at radius 2 is 0.791 bits per heavy atom. The van der Waals surface area contributed by atoms with E-state index in [1.807, 2.05) is 0 Å². The van der Waals surface area contributed by atoms with E-state index in [9.17, 15) is 0 Å². The zero-order valence-corrected chi connectivity index (χ0v) is 55.2. The van der Waals surface area contributed by atoms with Crippen LogP contribution in [0.2, 0.25) is 0 Å². The summed E-state index contributed by atoms with van der Waals surface area (Å²) in [5.74, 6) is 0. The van der Waals surface area contributed by atoms with Gasteiger partial charge in [-0.25, -0.2) is 0 Å². The quantitative estimate of drug-likeness (QED) is 0.147. The third-order valence-corrected chi connectivity index (χ3v) is 19.5. The van der Waals surface area contributed by atoms with E-state index >= 15 is 0 Å². The molecule has 0 saturated carbocycles. The van der Waals surface area contributed by atoms with Crippen LogP contribution in [0.3, 0.4) is 0 Å². The molecule has 86 heavy (non-hydrogen) atoms. The largest absolute Gasteiger partial charge is 0.311 e. The van der Waals surface area contributed by atoms with Crippen LogP contribution >= 0.6 is 0 Å². The molecule has 2 heterocycles. The van der Waals surface area contributed by atoms with E-state index in [0.29, 0.717) is 0 Å². The van der Waals surface area contributed by atoms with Crippen LogP contribution in [0.15, 0.2) is 188 Å². The SMILES string of the molecule is CC(C)(C)c1ccc(N2c3ccc(C(C)(C)C)cc3B3c4cc5c(cc4N(c4ccc(C(C)(C)C)cc4-c4cccc(-c6ccccc6)c4)c4cc(N(c6cccc(C(C)(C)C)c6)c6cccc(C(C)(C)C)c6)cc2c43)C(C)(C)CCC5(C)C)cc1. The summed E-state index contributed by atoms with van der Waals surface area (Å²) in [6.45, 7) is 45.0. The molecule has 12 rings (SSSR count). The van der Waals surface area contributed by atoms with Gasteiger partial charge < -0.3 is 14.7 Å². The van der Waals surface area contributed by atoms with Gasteiger partial charge in [0.05, 0.1) is 11.4 Å². The van der Waals surface area contributed by atoms with Crippen LogP contribution < -0.4 is 31.1 Å². The first kappa shape index (κ1) is 58.8. The Hall–Kier alpha value is -7.56. The van der Waals surface area contributed by atoms with Gasteiger partial charge in [0.25, 0.3) is 6.71 Å². The summed E-state index contributed by atoms with van der Waals surface area (Å²) in [5.41, 5.74) is 28.4. The van der Waals surface area contributed by atoms with E-state index in [4.69, 9.17) is 0 Å². The number of hydrogen-bond donors (Lipinski definition) is 0. The van der Waals surface area contributed by atoms with Crippen molar-refractivity contribution in [2.75, 3.05) is 14.7 Å². The van der Waals surface area contributed by atoms with Crippen molar-refractivity contribution in [1.82, 2.24) is 0 Å². The maximum atomic E-state index is 2.73. The molecule has 3 aliphatic rings. The fraction of sp³-hybridized carbons (Fsp3) is 0.341. The van der Waals surface area contributed by atoms with Gasteiger partial charge in [0, 0.05) is 45.4 Å². The molecule has 0 spiro atoms. The Morgan fingerprint density at radius 1 is 0.337 bits per heavy atom. The van der Waals surface area contributed by atoms with Gasteiger partial charge in [0.1, 0.15) is 0 Å². The lowest BCUT2D eigenvalue weighted by molar-refractivity contribution is 0.332. The molecule has 0 amide bonds. The van der Waals surface area contributed by atoms with Gasteiger partial charge in [-0.2, -0.15) is 0 Å². The van der Waals surface area contributed by atoms with Crippen LogP contribution in [-0.4, -0.2) is 6.71 Å². The van der Waals surface area contributed by atoms with Crippen LogP contribution in [0.4, 0.5) is 51.2 Å². The molecule has 0 fully saturated rings. The highest BCUT2D eigenvalue weighted by Crippen LogP contribution is 2.54. The number of rotatable bonds is 7. The summed E-state index contributed by atoms with van der Waals surface area (Å²) < 4.78 is 0. The lowest BCUT2D eigenvalue weighted by atomic mass is 9.33. The van der Waals surface area contributed by atoms with Crippen molar-refractivity contribution in [2.45, 2.75) is 182 Å². The summed E-state index contributed by atoms with van der Waals surface area (Å²) in [5, 5.41) is 0. The van der Waals surface area contributed by atoms with Gasteiger partial charge in [-0.1, -0.05) is 241 Å². The second-order valence-corrected chi connectivity index (χ2v) is 31.9. The van der Waals surface area contributed by atoms with E-state index in [1.165, 1.54) is 106 Å². The molecule has 0 atom stereocenters. The predicted octanol–water partition coefficient (Wildman–Crippen LogP) is 21.4. The average Bonchev–Trinajstić information content (AvgIpc) is 0.695. The summed E-state index contributed by atoms with van der Waals surface area (Å²) in [6, 6.07) is 73.8. The number of anilines is 9. The van der Waals surface area contributed by atoms with E-state index in [0.717, 1.165) is 35.6 Å². The van der Waals surface area contributed by atoms with Crippen molar-refractivity contribution >= 4 is 74.3 Å². The predicted molar refractivity (Wildman–Crippen MR) is 375 cm³/mol. The zero-order valence-electron chi connectivity index (χ0n) is 55.2. The van der Waals surface area contributed by atoms with E-state index in [-0.39, 0.29) is 44.6 Å². The van der Waals surface area contributed by atoms with Crippen LogP contribution in [0.1, 0.15) is 183 Å². The Bertz CT molecular complexity index is 4030. The minimum absolute atomic E-state index is 0.0135. The third kappa shape index (κ3) is 10.5. The Morgan fingerprint density at radius 3 is 1.35 bits per heavy atom. The lowest BCUT2D eigenvalue weighted by Gasteiger charge is -2.48. The Labute approximate surface area is 517 Å². The molecule has 438 valence electrons. The lowest BCUT2D eigenvalue weighted by Crippen LogP contribution is -2.62. The smallest absolute Gasteiger partial charge is 0.252 e. The highest BCUT2D eigenvalue weighted by Gasteiger charge is 2.48. The molecule has 0 unspecified atom stereocenters. The number of benzene rings is 9. The number of hydrogen-bond acceptors (Lipinski definition) is 3. The van der Waals surface area contributed by atoms with Crippen molar-refractivity contribution in [1.29, 1.82) is 0 Å². The molecule has 0 N–H and O–H groups in total. The van der Waals surface area contributed by atoms with Gasteiger partial charge in [-0.05, 0) is 202 Å². The second-order valence-electron chi connectivity index (χ2n) is 31.9. The molecular formula is C82H92BN3. The molecule has 9 aromatic rings. The van der Waals surface area contributed by atoms with Gasteiger partial charge >= 0.3 is 0 Å². The molecular weight excluding hydrogens is 1040 g/mol. The summed E-state index contributed by atoms with van der Waals surface area (Å²) in [6.07, 6.45) is 2.25. The number of fused-ring (bicyclic) bond motifs is 5. The molecule has 2 aliphatic heterocycles. The molecule has 0 bridgehead atoms. The maximum Gasteiger partial charge on any atom is 0.252 e. The third-order valence-electron chi connectivity index (χ3n) is 19.5. The van der Waals surface area contributed by atoms with Gasteiger partial charge in [-0.3, -0.25) is 0 Å². The van der Waals surface area contributed by atoms with Crippen molar-refractivity contribution < 1.29 is 0 Å². The average molecular weight is 1130 g/mol. The van der Waals surface area contributed by atoms with Gasteiger partial charge in [0.15, 0.2) is 0 Å². The van der Waals surface area contributed by atoms with Crippen LogP contribution in [0, 0.1) is 0 Å². The van der Waals surface area contributed by atoms with Crippen molar-refractivity contribution in [3.8, 4) is 22.3 Å². The zero-order chi connectivity index (χ0) is 61.4. The van der Waals surface area contributed by atoms with Crippen molar-refractivity contribution in [3.63, 3.8) is 0 Å². The second kappa shape index (κ2) is 20.5. The Balaban J connectivity index is 1.28. The molecule has 3 nitrogen and oxygen atoms in total. The fourth-order valence-electron chi connectivity index (χ4n) is 13.9. The van der Waals surface area contributed by atoms with Gasteiger partial charge in [-0.15, -0.1) is 0 Å². The summed E-state index contributed by atoms with van der Waals surface area (Å²) in [4.78, 5) is 7.93. The first-order chi connectivity index (χ1) is 40.3. The summed E-state index contributed by atoms with van der Waals surface area (Å²) in [7, 11) is 0.